The van der Waals surface area contributed by atoms with Crippen LogP contribution in [0.25, 0.3) is 77.2 Å². The van der Waals surface area contributed by atoms with Crippen molar-refractivity contribution < 1.29 is 38.4 Å². The second kappa shape index (κ2) is 11.9. The summed E-state index contributed by atoms with van der Waals surface area (Å²) >= 11 is 0. The van der Waals surface area contributed by atoms with Crippen molar-refractivity contribution in [1.29, 1.82) is 0 Å². The molecule has 0 atom stereocenters. The highest BCUT2D eigenvalue weighted by atomic mass is 15.0. The van der Waals surface area contributed by atoms with Gasteiger partial charge in [-0.3, -0.25) is 0 Å². The van der Waals surface area contributed by atoms with Gasteiger partial charge >= 0.3 is 0 Å². The third kappa shape index (κ3) is 4.82. The smallest absolute Gasteiger partial charge is 0.0697 e. The largest absolute Gasteiger partial charge is 0.353 e. The van der Waals surface area contributed by atoms with Crippen LogP contribution in [0.1, 0.15) is 38.4 Å². The van der Waals surface area contributed by atoms with Gasteiger partial charge in [-0.1, -0.05) is 139 Å². The molecule has 0 unspecified atom stereocenters. The van der Waals surface area contributed by atoms with Crippen molar-refractivity contribution >= 4 is 55.0 Å². The van der Waals surface area contributed by atoms with Crippen molar-refractivity contribution in [3.05, 3.63) is 193 Å². The van der Waals surface area contributed by atoms with Gasteiger partial charge in [-0.25, -0.2) is 0 Å². The molecular formula is C48H33N3. The number of para-hydroxylation sites is 5. The fourth-order valence-electron chi connectivity index (χ4n) is 6.05. The van der Waals surface area contributed by atoms with Gasteiger partial charge in [0.15, 0.2) is 0 Å². The lowest BCUT2D eigenvalue weighted by Gasteiger charge is -2.19. The number of hydrogen-bond acceptors (Lipinski definition) is 1. The Kier molecular flexibility index (Phi) is 2.92. The van der Waals surface area contributed by atoms with E-state index in [1.807, 2.05) is 0 Å². The molecule has 0 aliphatic heterocycles. The van der Waals surface area contributed by atoms with Crippen molar-refractivity contribution in [3.8, 4) is 33.6 Å². The summed E-state index contributed by atoms with van der Waals surface area (Å²) in [4.78, 5) is 0. The summed E-state index contributed by atoms with van der Waals surface area (Å²) in [6.07, 6.45) is 0. The standard InChI is InChI=1S/C48H33N3/c1-2-15-33(16-3-1)34-29-30-48(51-46-27-12-7-22-40(46)41-23-8-13-28-47(41)51)43(32-34)49-42-24-9-4-19-37(42)35-17-14-18-36(31-35)50-44-25-10-5-20-38(44)39-21-6-11-26-45(39)50/h1-32,49H/i1D,2D,3D,4D,5D,6D,7D,8D,9D,10D,11D,12D,13D,14D,15D,16D,18D,19D,20D,21D,22D,23D,24D,25D,26D,27D,28D,31D. The number of nitrogens with zero attached hydrogens (tertiary/aromatic N) is 2. The van der Waals surface area contributed by atoms with Crippen molar-refractivity contribution in [2.45, 2.75) is 0 Å². The Morgan fingerprint density at radius 1 is 0.392 bits per heavy atom. The second-order valence-electron chi connectivity index (χ2n) is 11.0. The van der Waals surface area contributed by atoms with Gasteiger partial charge in [0, 0.05) is 38.5 Å². The zero-order chi connectivity index (χ0) is 58.1. The van der Waals surface area contributed by atoms with Gasteiger partial charge in [0.05, 0.1) is 71.8 Å². The summed E-state index contributed by atoms with van der Waals surface area (Å²) in [6, 6.07) is -18.1. The van der Waals surface area contributed by atoms with E-state index in [2.05, 4.69) is 5.32 Å². The predicted molar refractivity (Wildman–Crippen MR) is 216 cm³/mol. The summed E-state index contributed by atoms with van der Waals surface area (Å²) in [7, 11) is 0. The molecule has 0 aliphatic rings. The van der Waals surface area contributed by atoms with Gasteiger partial charge in [-0.05, 0) is 71.1 Å². The number of nitrogens with one attached hydrogen (secondary N) is 1. The number of fused-ring (bicyclic) bond motifs is 6. The minimum Gasteiger partial charge on any atom is -0.353 e. The maximum atomic E-state index is 9.88. The molecule has 8 aromatic carbocycles. The van der Waals surface area contributed by atoms with E-state index >= 15 is 0 Å². The van der Waals surface area contributed by atoms with E-state index in [4.69, 9.17) is 30.2 Å². The molecule has 0 saturated carbocycles. The van der Waals surface area contributed by atoms with Crippen LogP contribution < -0.4 is 5.32 Å². The van der Waals surface area contributed by atoms with Crippen molar-refractivity contribution in [1.82, 2.24) is 9.13 Å². The summed E-state index contributed by atoms with van der Waals surface area (Å²) in [5.41, 5.74) is -5.88. The molecule has 3 nitrogen and oxygen atoms in total. The first kappa shape index (κ1) is 12.5. The Morgan fingerprint density at radius 2 is 0.922 bits per heavy atom. The van der Waals surface area contributed by atoms with Crippen LogP contribution >= 0.6 is 0 Å². The topological polar surface area (TPSA) is 21.9 Å². The third-order valence-corrected chi connectivity index (χ3v) is 8.19. The van der Waals surface area contributed by atoms with E-state index in [9.17, 15) is 8.22 Å². The van der Waals surface area contributed by atoms with Crippen LogP contribution in [0.15, 0.2) is 193 Å². The van der Waals surface area contributed by atoms with E-state index in [0.29, 0.717) is 0 Å². The first-order chi connectivity index (χ1) is 36.9. The Hall–Kier alpha value is -6.84. The zero-order valence-electron chi connectivity index (χ0n) is 53.7. The van der Waals surface area contributed by atoms with Gasteiger partial charge in [0.2, 0.25) is 0 Å². The highest BCUT2D eigenvalue weighted by Crippen LogP contribution is 2.40. The van der Waals surface area contributed by atoms with Crippen molar-refractivity contribution in [2.24, 2.45) is 0 Å². The van der Waals surface area contributed by atoms with Crippen LogP contribution in [0.2, 0.25) is 0 Å². The predicted octanol–water partition coefficient (Wildman–Crippen LogP) is 13.0. The first-order valence-corrected chi connectivity index (χ1v) is 15.2. The molecule has 10 rings (SSSR count). The van der Waals surface area contributed by atoms with E-state index in [0.717, 1.165) is 21.3 Å². The lowest BCUT2D eigenvalue weighted by molar-refractivity contribution is 1.18. The molecule has 1 N–H and O–H groups in total. The molecule has 0 aliphatic carbocycles. The van der Waals surface area contributed by atoms with Crippen molar-refractivity contribution in [2.75, 3.05) is 5.32 Å². The molecule has 0 spiro atoms. The van der Waals surface area contributed by atoms with E-state index in [1.165, 1.54) is 12.1 Å². The number of rotatable bonds is 6. The molecule has 3 heteroatoms. The fourth-order valence-corrected chi connectivity index (χ4v) is 6.05. The molecule has 2 heterocycles. The molecule has 240 valence electrons. The van der Waals surface area contributed by atoms with E-state index in [1.54, 1.807) is 0 Å². The van der Waals surface area contributed by atoms with Crippen LogP contribution in [-0.2, 0) is 0 Å². The maximum Gasteiger partial charge on any atom is 0.0697 e. The second-order valence-corrected chi connectivity index (χ2v) is 11.0. The summed E-state index contributed by atoms with van der Waals surface area (Å²) in [5.74, 6) is 0. The molecule has 10 aromatic rings. The molecule has 0 amide bonds. The van der Waals surface area contributed by atoms with Crippen LogP contribution in [0, 0.1) is 0 Å². The molecule has 0 radical (unpaired) electrons. The first-order valence-electron chi connectivity index (χ1n) is 29.2. The lowest BCUT2D eigenvalue weighted by atomic mass is 10.0. The quantitative estimate of drug-likeness (QED) is 0.186. The minimum atomic E-state index is -0.935. The molecule has 51 heavy (non-hydrogen) atoms. The lowest BCUT2D eigenvalue weighted by Crippen LogP contribution is -2.02. The maximum absolute atomic E-state index is 9.88. The van der Waals surface area contributed by atoms with E-state index < -0.39 is 236 Å². The van der Waals surface area contributed by atoms with Crippen LogP contribution in [-0.4, -0.2) is 9.13 Å². The summed E-state index contributed by atoms with van der Waals surface area (Å²) < 4.78 is 251. The SMILES string of the molecule is [2H]c1cc(-c2c([2H])c([2H])c([2H])c([2H])c2Nc2cc(-c3c([2H])c([2H])c([2H])c([2H])c3[2H])ccc2-n2c3c([2H])c([2H])c([2H])c([2H])c3c3c([2H])c([2H])c([2H])c([2H])c32)c([2H])c(-n2c3c([2H])c([2H])c([2H])c([2H])c3c3c([2H])c([2H])c([2H])c([2H])c32)c1[2H]. The summed E-state index contributed by atoms with van der Waals surface area (Å²) in [6.45, 7) is 0. The molecule has 2 aromatic heterocycles. The molecule has 0 saturated heterocycles. The minimum absolute atomic E-state index is 0.175. The Labute approximate surface area is 335 Å². The average molecular weight is 680 g/mol. The number of benzene rings is 8. The zero-order valence-corrected chi connectivity index (χ0v) is 25.7. The van der Waals surface area contributed by atoms with Crippen LogP contribution in [0.5, 0.6) is 0 Å². The molecule has 0 fully saturated rings. The van der Waals surface area contributed by atoms with Crippen LogP contribution in [0.3, 0.4) is 0 Å². The Bertz CT molecular complexity index is 4320. The Morgan fingerprint density at radius 3 is 1.55 bits per heavy atom. The van der Waals surface area contributed by atoms with Gasteiger partial charge in [0.25, 0.3) is 0 Å². The van der Waals surface area contributed by atoms with Crippen LogP contribution in [0.4, 0.5) is 11.4 Å². The number of aromatic nitrogens is 2. The van der Waals surface area contributed by atoms with Crippen molar-refractivity contribution in [3.63, 3.8) is 0 Å². The molecular weight excluding hydrogens is 619 g/mol. The highest BCUT2D eigenvalue weighted by molar-refractivity contribution is 6.10. The molecule has 0 bridgehead atoms. The normalized spacial score (nSPS) is 19.2. The number of anilines is 2. The highest BCUT2D eigenvalue weighted by Gasteiger charge is 2.17. The summed E-state index contributed by atoms with van der Waals surface area (Å²) in [5, 5.41) is 1.27. The van der Waals surface area contributed by atoms with E-state index in [-0.39, 0.29) is 22.0 Å². The average Bonchev–Trinajstić information content (AvgIpc) is 3.83. The van der Waals surface area contributed by atoms with Gasteiger partial charge in [-0.15, -0.1) is 0 Å². The van der Waals surface area contributed by atoms with Gasteiger partial charge in [0.1, 0.15) is 0 Å². The number of hydrogen-bond donors (Lipinski definition) is 1. The van der Waals surface area contributed by atoms with Gasteiger partial charge < -0.3 is 14.5 Å². The fraction of sp³-hybridized carbons (Fsp3) is 0. The third-order valence-electron chi connectivity index (χ3n) is 8.19. The Balaban J connectivity index is 1.37. The van der Waals surface area contributed by atoms with Gasteiger partial charge in [-0.2, -0.15) is 0 Å². The monoisotopic (exact) mass is 679 g/mol.